The van der Waals surface area contributed by atoms with Gasteiger partial charge >= 0.3 is 0 Å². The first-order valence-electron chi connectivity index (χ1n) is 4.38. The normalized spacial score (nSPS) is 10.2. The van der Waals surface area contributed by atoms with Crippen LogP contribution < -0.4 is 0 Å². The Kier molecular flexibility index (Phi) is 9.28. The van der Waals surface area contributed by atoms with Crippen molar-refractivity contribution in [1.29, 1.82) is 0 Å². The summed E-state index contributed by atoms with van der Waals surface area (Å²) in [5.74, 6) is 0.307. The maximum Gasteiger partial charge on any atom is 0.143 e. The van der Waals surface area contributed by atoms with E-state index in [1.165, 1.54) is 6.42 Å². The number of methoxy groups -OCH3 is 1. The Bertz CT molecular complexity index is 115. The van der Waals surface area contributed by atoms with E-state index in [9.17, 15) is 4.79 Å². The summed E-state index contributed by atoms with van der Waals surface area (Å²) in [5.41, 5.74) is 0. The summed E-state index contributed by atoms with van der Waals surface area (Å²) in [6, 6.07) is 0. The van der Waals surface area contributed by atoms with Crippen LogP contribution in [0.5, 0.6) is 0 Å². The highest BCUT2D eigenvalue weighted by atomic mass is 79.9. The number of carbonyl (C=O) groups excluding carboxylic acids is 1. The molecule has 0 unspecified atom stereocenters. The van der Waals surface area contributed by atoms with Crippen LogP contribution in [0.1, 0.15) is 32.1 Å². The van der Waals surface area contributed by atoms with Gasteiger partial charge in [0.25, 0.3) is 0 Å². The molecule has 0 fully saturated rings. The van der Waals surface area contributed by atoms with E-state index in [1.54, 1.807) is 7.11 Å². The van der Waals surface area contributed by atoms with Crippen molar-refractivity contribution in [3.05, 3.63) is 0 Å². The third-order valence-electron chi connectivity index (χ3n) is 1.70. The topological polar surface area (TPSA) is 26.3 Å². The summed E-state index contributed by atoms with van der Waals surface area (Å²) >= 11 is 3.14. The lowest BCUT2D eigenvalue weighted by molar-refractivity contribution is -0.116. The molecule has 0 aliphatic heterocycles. The van der Waals surface area contributed by atoms with Crippen molar-refractivity contribution in [1.82, 2.24) is 0 Å². The molecule has 0 N–H and O–H groups in total. The fraction of sp³-hybridized carbons (Fsp3) is 0.889. The molecule has 0 bridgehead atoms. The minimum Gasteiger partial charge on any atom is -0.385 e. The lowest BCUT2D eigenvalue weighted by Crippen LogP contribution is -1.98. The molecule has 0 aliphatic carbocycles. The maximum atomic E-state index is 10.8. The average molecular weight is 237 g/mol. The number of unbranched alkanes of at least 4 members (excludes halogenated alkanes) is 3. The molecule has 0 aliphatic rings. The standard InChI is InChI=1S/C9H17BrO2/c1-12-7-5-3-2-4-6-9(11)8-10/h2-8H2,1H3. The highest BCUT2D eigenvalue weighted by Crippen LogP contribution is 2.04. The van der Waals surface area contributed by atoms with Crippen LogP contribution in [0.4, 0.5) is 0 Å². The molecule has 0 aromatic carbocycles. The van der Waals surface area contributed by atoms with Crippen molar-refractivity contribution in [2.45, 2.75) is 32.1 Å². The fourth-order valence-corrected chi connectivity index (χ4v) is 1.27. The van der Waals surface area contributed by atoms with Crippen molar-refractivity contribution in [3.63, 3.8) is 0 Å². The van der Waals surface area contributed by atoms with E-state index in [1.807, 2.05) is 0 Å². The first kappa shape index (κ1) is 12.1. The van der Waals surface area contributed by atoms with Gasteiger partial charge in [-0.05, 0) is 12.8 Å². The van der Waals surface area contributed by atoms with E-state index >= 15 is 0 Å². The zero-order chi connectivity index (χ0) is 9.23. The number of halogens is 1. The van der Waals surface area contributed by atoms with Crippen LogP contribution in [0.3, 0.4) is 0 Å². The Morgan fingerprint density at radius 1 is 1.25 bits per heavy atom. The minimum atomic E-state index is 0.307. The summed E-state index contributed by atoms with van der Waals surface area (Å²) in [5, 5.41) is 0.505. The fourth-order valence-electron chi connectivity index (χ4n) is 0.989. The SMILES string of the molecule is COCCCCCCC(=O)CBr. The summed E-state index contributed by atoms with van der Waals surface area (Å²) in [6.45, 7) is 0.840. The van der Waals surface area contributed by atoms with Crippen molar-refractivity contribution in [2.75, 3.05) is 19.0 Å². The number of hydrogen-bond acceptors (Lipinski definition) is 2. The number of Topliss-reactive ketones (excluding diaryl/α,β-unsaturated/α-hetero) is 1. The molecule has 0 aromatic heterocycles. The molecule has 0 rings (SSSR count). The molecule has 0 spiro atoms. The maximum absolute atomic E-state index is 10.8. The van der Waals surface area contributed by atoms with Gasteiger partial charge in [0.15, 0.2) is 0 Å². The molecule has 72 valence electrons. The first-order chi connectivity index (χ1) is 5.81. The van der Waals surface area contributed by atoms with Crippen LogP contribution in [0.2, 0.25) is 0 Å². The molecule has 0 amide bonds. The molecule has 12 heavy (non-hydrogen) atoms. The van der Waals surface area contributed by atoms with Crippen molar-refractivity contribution < 1.29 is 9.53 Å². The predicted octanol–water partition coefficient (Wildman–Crippen LogP) is 2.55. The second-order valence-corrected chi connectivity index (χ2v) is 3.39. The number of alkyl halides is 1. The van der Waals surface area contributed by atoms with Crippen LogP contribution in [0.15, 0.2) is 0 Å². The van der Waals surface area contributed by atoms with Crippen LogP contribution in [-0.2, 0) is 9.53 Å². The van der Waals surface area contributed by atoms with E-state index in [-0.39, 0.29) is 0 Å². The minimum absolute atomic E-state index is 0.307. The van der Waals surface area contributed by atoms with Crippen LogP contribution in [0, 0.1) is 0 Å². The van der Waals surface area contributed by atoms with Gasteiger partial charge < -0.3 is 4.74 Å². The van der Waals surface area contributed by atoms with Gasteiger partial charge in [0, 0.05) is 20.1 Å². The van der Waals surface area contributed by atoms with Gasteiger partial charge in [0.2, 0.25) is 0 Å². The third kappa shape index (κ3) is 8.21. The largest absolute Gasteiger partial charge is 0.385 e. The zero-order valence-corrected chi connectivity index (χ0v) is 9.23. The van der Waals surface area contributed by atoms with Crippen molar-refractivity contribution in [3.8, 4) is 0 Å². The molecular weight excluding hydrogens is 220 g/mol. The monoisotopic (exact) mass is 236 g/mol. The van der Waals surface area contributed by atoms with Gasteiger partial charge in [0.05, 0.1) is 5.33 Å². The molecule has 0 radical (unpaired) electrons. The van der Waals surface area contributed by atoms with Crippen molar-refractivity contribution in [2.24, 2.45) is 0 Å². The van der Waals surface area contributed by atoms with E-state index in [4.69, 9.17) is 4.74 Å². The summed E-state index contributed by atoms with van der Waals surface area (Å²) < 4.78 is 4.92. The zero-order valence-electron chi connectivity index (χ0n) is 7.64. The molecule has 2 nitrogen and oxygen atoms in total. The highest BCUT2D eigenvalue weighted by Gasteiger charge is 1.97. The lowest BCUT2D eigenvalue weighted by Gasteiger charge is -1.99. The van der Waals surface area contributed by atoms with Gasteiger partial charge in [0.1, 0.15) is 5.78 Å². The Morgan fingerprint density at radius 2 is 1.92 bits per heavy atom. The molecular formula is C9H17BrO2. The summed E-state index contributed by atoms with van der Waals surface area (Å²) in [4.78, 5) is 10.8. The first-order valence-corrected chi connectivity index (χ1v) is 5.50. The van der Waals surface area contributed by atoms with Crippen molar-refractivity contribution >= 4 is 21.7 Å². The Morgan fingerprint density at radius 3 is 2.50 bits per heavy atom. The summed E-state index contributed by atoms with van der Waals surface area (Å²) in [7, 11) is 1.72. The second-order valence-electron chi connectivity index (χ2n) is 2.83. The summed E-state index contributed by atoms with van der Waals surface area (Å²) in [6.07, 6.45) is 5.16. The van der Waals surface area contributed by atoms with Gasteiger partial charge in [-0.2, -0.15) is 0 Å². The smallest absolute Gasteiger partial charge is 0.143 e. The molecule has 0 saturated heterocycles. The van der Waals surface area contributed by atoms with E-state index in [0.717, 1.165) is 32.3 Å². The number of rotatable bonds is 8. The third-order valence-corrected chi connectivity index (χ3v) is 2.33. The van der Waals surface area contributed by atoms with Crippen LogP contribution in [0.25, 0.3) is 0 Å². The predicted molar refractivity (Wildman–Crippen MR) is 53.8 cm³/mol. The van der Waals surface area contributed by atoms with Gasteiger partial charge in [-0.25, -0.2) is 0 Å². The molecule has 0 aromatic rings. The molecule has 0 heterocycles. The molecule has 0 atom stereocenters. The number of hydrogen-bond donors (Lipinski definition) is 0. The number of carbonyl (C=O) groups is 1. The highest BCUT2D eigenvalue weighted by molar-refractivity contribution is 9.09. The molecule has 0 saturated carbocycles. The second kappa shape index (κ2) is 9.20. The number of ketones is 1. The van der Waals surface area contributed by atoms with Crippen LogP contribution >= 0.6 is 15.9 Å². The van der Waals surface area contributed by atoms with Gasteiger partial charge in [-0.3, -0.25) is 4.79 Å². The average Bonchev–Trinajstić information content (AvgIpc) is 2.10. The van der Waals surface area contributed by atoms with E-state index < -0.39 is 0 Å². The molecule has 3 heteroatoms. The Hall–Kier alpha value is 0.110. The lowest BCUT2D eigenvalue weighted by atomic mass is 10.1. The quantitative estimate of drug-likeness (QED) is 0.479. The Labute approximate surface area is 82.8 Å². The van der Waals surface area contributed by atoms with Gasteiger partial charge in [-0.1, -0.05) is 28.8 Å². The van der Waals surface area contributed by atoms with E-state index in [2.05, 4.69) is 15.9 Å². The van der Waals surface area contributed by atoms with Crippen LogP contribution in [-0.4, -0.2) is 24.8 Å². The van der Waals surface area contributed by atoms with E-state index in [0.29, 0.717) is 11.1 Å². The Balaban J connectivity index is 2.95. The number of ether oxygens (including phenoxy) is 1. The van der Waals surface area contributed by atoms with Gasteiger partial charge in [-0.15, -0.1) is 0 Å².